The third kappa shape index (κ3) is 4.06. The highest BCUT2D eigenvalue weighted by molar-refractivity contribution is 5.98. The molecule has 0 aliphatic rings. The van der Waals surface area contributed by atoms with Gasteiger partial charge in [0.05, 0.1) is 33.8 Å². The van der Waals surface area contributed by atoms with Crippen molar-refractivity contribution in [1.82, 2.24) is 0 Å². The molecule has 0 aliphatic carbocycles. The van der Waals surface area contributed by atoms with Gasteiger partial charge in [-0.15, -0.1) is 0 Å². The quantitative estimate of drug-likeness (QED) is 0.476. The number of halogens is 1. The van der Waals surface area contributed by atoms with E-state index < -0.39 is 27.0 Å². The van der Waals surface area contributed by atoms with Gasteiger partial charge in [-0.2, -0.15) is 0 Å². The molecule has 0 atom stereocenters. The molecule has 2 rings (SSSR count). The fourth-order valence-electron chi connectivity index (χ4n) is 1.70. The van der Waals surface area contributed by atoms with Crippen LogP contribution in [0, 0.1) is 26.0 Å². The van der Waals surface area contributed by atoms with Gasteiger partial charge in [0.25, 0.3) is 11.4 Å². The molecule has 9 heteroatoms. The Morgan fingerprint density at radius 3 is 2.04 bits per heavy atom. The molecule has 8 nitrogen and oxygen atoms in total. The second-order valence-electron chi connectivity index (χ2n) is 4.47. The summed E-state index contributed by atoms with van der Waals surface area (Å²) in [6, 6.07) is 8.31. The molecule has 0 saturated carbocycles. The van der Waals surface area contributed by atoms with E-state index >= 15 is 0 Å². The average molecular weight is 319 g/mol. The summed E-state index contributed by atoms with van der Waals surface area (Å²) in [5.74, 6) is -0.552. The Hall–Kier alpha value is -3.36. The van der Waals surface area contributed by atoms with Crippen molar-refractivity contribution in [2.75, 3.05) is 0 Å². The summed E-state index contributed by atoms with van der Waals surface area (Å²) in [5.41, 5.74) is -0.0156. The van der Waals surface area contributed by atoms with Crippen LogP contribution in [0.4, 0.5) is 15.8 Å². The third-order valence-electron chi connectivity index (χ3n) is 2.85. The Morgan fingerprint density at radius 1 is 1.04 bits per heavy atom. The van der Waals surface area contributed by atoms with E-state index in [-0.39, 0.29) is 5.75 Å². The zero-order chi connectivity index (χ0) is 17.0. The maximum Gasteiger partial charge on any atom is 0.280 e. The summed E-state index contributed by atoms with van der Waals surface area (Å²) in [5, 5.41) is 25.3. The van der Waals surface area contributed by atoms with Crippen LogP contribution in [-0.4, -0.2) is 15.6 Å². The summed E-state index contributed by atoms with van der Waals surface area (Å²) >= 11 is 0. The first-order chi connectivity index (χ1) is 10.9. The predicted octanol–water partition coefficient (Wildman–Crippen LogP) is 3.45. The largest absolute Gasteiger partial charge is 0.356 e. The van der Waals surface area contributed by atoms with Crippen molar-refractivity contribution in [3.63, 3.8) is 0 Å². The number of hydrogen-bond acceptors (Lipinski definition) is 6. The highest BCUT2D eigenvalue weighted by atomic mass is 19.1. The van der Waals surface area contributed by atoms with Crippen molar-refractivity contribution in [1.29, 1.82) is 0 Å². The number of benzene rings is 2. The Labute approximate surface area is 129 Å². The van der Waals surface area contributed by atoms with Crippen molar-refractivity contribution >= 4 is 17.1 Å². The maximum absolute atomic E-state index is 12.8. The number of nitro groups is 2. The molecule has 2 aromatic rings. The van der Waals surface area contributed by atoms with E-state index in [4.69, 9.17) is 4.84 Å². The molecule has 2 aromatic carbocycles. The van der Waals surface area contributed by atoms with Gasteiger partial charge >= 0.3 is 0 Å². The number of nitro benzene ring substituents is 2. The van der Waals surface area contributed by atoms with Gasteiger partial charge in [-0.1, -0.05) is 17.3 Å². The first-order valence-corrected chi connectivity index (χ1v) is 6.28. The highest BCUT2D eigenvalue weighted by Gasteiger charge is 2.17. The van der Waals surface area contributed by atoms with Crippen LogP contribution in [0.5, 0.6) is 5.75 Å². The molecule has 0 radical (unpaired) electrons. The summed E-state index contributed by atoms with van der Waals surface area (Å²) in [6.07, 6.45) is 0. The van der Waals surface area contributed by atoms with Gasteiger partial charge in [-0.05, 0) is 24.6 Å². The van der Waals surface area contributed by atoms with Gasteiger partial charge in [-0.3, -0.25) is 20.2 Å². The lowest BCUT2D eigenvalue weighted by Gasteiger charge is -2.02. The fraction of sp³-hybridized carbons (Fsp3) is 0.0714. The van der Waals surface area contributed by atoms with E-state index in [1.165, 1.54) is 24.3 Å². The maximum atomic E-state index is 12.8. The van der Waals surface area contributed by atoms with E-state index in [1.54, 1.807) is 6.92 Å². The first kappa shape index (κ1) is 16.0. The normalized spacial score (nSPS) is 11.1. The van der Waals surface area contributed by atoms with Crippen LogP contribution < -0.4 is 4.84 Å². The lowest BCUT2D eigenvalue weighted by Crippen LogP contribution is -1.99. The van der Waals surface area contributed by atoms with Gasteiger partial charge in [0.2, 0.25) is 0 Å². The minimum Gasteiger partial charge on any atom is -0.356 e. The SMILES string of the molecule is C/C(=N/Oc1cc([N+](=O)[O-])cc([N+](=O)[O-])c1)c1ccc(F)cc1. The number of oxime groups is 1. The van der Waals surface area contributed by atoms with Crippen LogP contribution in [0.3, 0.4) is 0 Å². The molecule has 118 valence electrons. The predicted molar refractivity (Wildman–Crippen MR) is 79.0 cm³/mol. The van der Waals surface area contributed by atoms with Crippen LogP contribution in [0.15, 0.2) is 47.6 Å². The van der Waals surface area contributed by atoms with E-state index in [2.05, 4.69) is 5.16 Å². The first-order valence-electron chi connectivity index (χ1n) is 6.28. The molecule has 0 fully saturated rings. The summed E-state index contributed by atoms with van der Waals surface area (Å²) < 4.78 is 12.8. The number of non-ortho nitro benzene ring substituents is 2. The molecule has 0 saturated heterocycles. The molecule has 0 bridgehead atoms. The van der Waals surface area contributed by atoms with E-state index in [0.717, 1.165) is 18.2 Å². The lowest BCUT2D eigenvalue weighted by atomic mass is 10.1. The molecular weight excluding hydrogens is 309 g/mol. The Bertz CT molecular complexity index is 757. The standard InChI is InChI=1S/C14H10FN3O5/c1-9(10-2-4-11(15)5-3-10)16-23-14-7-12(17(19)20)6-13(8-14)18(21)22/h2-8H,1H3/b16-9-. The average Bonchev–Trinajstić information content (AvgIpc) is 2.52. The second-order valence-corrected chi connectivity index (χ2v) is 4.47. The van der Waals surface area contributed by atoms with Crippen LogP contribution in [-0.2, 0) is 0 Å². The Kier molecular flexibility index (Phi) is 4.60. The molecule has 23 heavy (non-hydrogen) atoms. The second kappa shape index (κ2) is 6.60. The highest BCUT2D eigenvalue weighted by Crippen LogP contribution is 2.27. The Morgan fingerprint density at radius 2 is 1.57 bits per heavy atom. The van der Waals surface area contributed by atoms with Gasteiger partial charge in [-0.25, -0.2) is 4.39 Å². The van der Waals surface area contributed by atoms with Gasteiger partial charge < -0.3 is 4.84 Å². The zero-order valence-electron chi connectivity index (χ0n) is 11.8. The minimum atomic E-state index is -0.767. The van der Waals surface area contributed by atoms with E-state index in [1.807, 2.05) is 0 Å². The topological polar surface area (TPSA) is 108 Å². The molecule has 0 aliphatic heterocycles. The molecular formula is C14H10FN3O5. The van der Waals surface area contributed by atoms with Crippen LogP contribution in [0.1, 0.15) is 12.5 Å². The summed E-state index contributed by atoms with van der Waals surface area (Å²) in [7, 11) is 0. The number of hydrogen-bond donors (Lipinski definition) is 0. The summed E-state index contributed by atoms with van der Waals surface area (Å²) in [4.78, 5) is 25.0. The van der Waals surface area contributed by atoms with E-state index in [9.17, 15) is 24.6 Å². The molecule has 0 unspecified atom stereocenters. The monoisotopic (exact) mass is 319 g/mol. The van der Waals surface area contributed by atoms with Crippen molar-refractivity contribution < 1.29 is 19.1 Å². The molecule has 0 aromatic heterocycles. The van der Waals surface area contributed by atoms with Crippen molar-refractivity contribution in [2.24, 2.45) is 5.16 Å². The smallest absolute Gasteiger partial charge is 0.280 e. The van der Waals surface area contributed by atoms with Crippen molar-refractivity contribution in [3.8, 4) is 5.75 Å². The van der Waals surface area contributed by atoms with Gasteiger partial charge in [0, 0.05) is 0 Å². The fourth-order valence-corrected chi connectivity index (χ4v) is 1.70. The molecule has 0 N–H and O–H groups in total. The Balaban J connectivity index is 2.28. The lowest BCUT2D eigenvalue weighted by molar-refractivity contribution is -0.394. The summed E-state index contributed by atoms with van der Waals surface area (Å²) in [6.45, 7) is 1.58. The van der Waals surface area contributed by atoms with Gasteiger partial charge in [0.1, 0.15) is 5.82 Å². The van der Waals surface area contributed by atoms with Crippen LogP contribution in [0.2, 0.25) is 0 Å². The molecule has 0 heterocycles. The number of nitrogens with zero attached hydrogens (tertiary/aromatic N) is 3. The van der Waals surface area contributed by atoms with E-state index in [0.29, 0.717) is 11.3 Å². The minimum absolute atomic E-state index is 0.146. The molecule has 0 amide bonds. The third-order valence-corrected chi connectivity index (χ3v) is 2.85. The van der Waals surface area contributed by atoms with Crippen molar-refractivity contribution in [3.05, 3.63) is 74.1 Å². The van der Waals surface area contributed by atoms with Crippen molar-refractivity contribution in [2.45, 2.75) is 6.92 Å². The number of rotatable bonds is 5. The van der Waals surface area contributed by atoms with Crippen LogP contribution in [0.25, 0.3) is 0 Å². The molecule has 0 spiro atoms. The zero-order valence-corrected chi connectivity index (χ0v) is 11.8. The van der Waals surface area contributed by atoms with Crippen LogP contribution >= 0.6 is 0 Å². The van der Waals surface area contributed by atoms with Gasteiger partial charge in [0.15, 0.2) is 5.75 Å².